The minimum Gasteiger partial charge on any atom is -0.376 e. The molecule has 5 heteroatoms. The zero-order chi connectivity index (χ0) is 18.1. The first-order valence-electron chi connectivity index (χ1n) is 9.45. The molecule has 0 radical (unpaired) electrons. The van der Waals surface area contributed by atoms with Crippen molar-refractivity contribution in [3.8, 4) is 0 Å². The molecule has 1 heterocycles. The van der Waals surface area contributed by atoms with Crippen LogP contribution in [0.4, 0.5) is 5.69 Å². The quantitative estimate of drug-likeness (QED) is 0.715. The van der Waals surface area contributed by atoms with Crippen LogP contribution in [0.15, 0.2) is 24.3 Å². The Balaban J connectivity index is 2.00. The summed E-state index contributed by atoms with van der Waals surface area (Å²) in [4.78, 5) is 25.1. The Morgan fingerprint density at radius 3 is 2.56 bits per heavy atom. The molecular formula is C20H30N2O3. The van der Waals surface area contributed by atoms with Gasteiger partial charge in [-0.1, -0.05) is 38.8 Å². The Bertz CT molecular complexity index is 562. The fourth-order valence-electron chi connectivity index (χ4n) is 3.24. The minimum atomic E-state index is -0.172. The van der Waals surface area contributed by atoms with Crippen LogP contribution >= 0.6 is 0 Å². The number of carbonyl (C=O) groups is 2. The number of hydrogen-bond acceptors (Lipinski definition) is 3. The Labute approximate surface area is 150 Å². The zero-order valence-corrected chi connectivity index (χ0v) is 15.3. The van der Waals surface area contributed by atoms with Crippen LogP contribution < -0.4 is 10.6 Å². The van der Waals surface area contributed by atoms with Crippen molar-refractivity contribution >= 4 is 17.5 Å². The third-order valence-electron chi connectivity index (χ3n) is 4.59. The number of carbonyl (C=O) groups excluding carboxylic acids is 2. The van der Waals surface area contributed by atoms with E-state index in [-0.39, 0.29) is 23.8 Å². The SMILES string of the molecule is CCCC(CCC)C(=O)Nc1ccccc1C(=O)NCC1CCCO1. The van der Waals surface area contributed by atoms with Crippen LogP contribution in [0.2, 0.25) is 0 Å². The summed E-state index contributed by atoms with van der Waals surface area (Å²) in [5.74, 6) is -0.171. The molecule has 1 saturated heterocycles. The molecular weight excluding hydrogens is 316 g/mol. The lowest BCUT2D eigenvalue weighted by molar-refractivity contribution is -0.120. The van der Waals surface area contributed by atoms with Crippen LogP contribution in [0.5, 0.6) is 0 Å². The maximum atomic E-state index is 12.6. The number of hydrogen-bond donors (Lipinski definition) is 2. The van der Waals surface area contributed by atoms with E-state index >= 15 is 0 Å². The Kier molecular flexibility index (Phi) is 7.92. The number of ether oxygens (including phenoxy) is 1. The van der Waals surface area contributed by atoms with E-state index in [1.54, 1.807) is 12.1 Å². The van der Waals surface area contributed by atoms with Gasteiger partial charge in [0.1, 0.15) is 0 Å². The van der Waals surface area contributed by atoms with E-state index in [2.05, 4.69) is 24.5 Å². The molecule has 2 N–H and O–H groups in total. The van der Waals surface area contributed by atoms with E-state index in [9.17, 15) is 9.59 Å². The summed E-state index contributed by atoms with van der Waals surface area (Å²) in [5.41, 5.74) is 1.08. The highest BCUT2D eigenvalue weighted by Crippen LogP contribution is 2.20. The van der Waals surface area contributed by atoms with E-state index in [4.69, 9.17) is 4.74 Å². The van der Waals surface area contributed by atoms with Crippen molar-refractivity contribution in [2.24, 2.45) is 5.92 Å². The molecule has 1 unspecified atom stereocenters. The molecule has 138 valence electrons. The van der Waals surface area contributed by atoms with Crippen molar-refractivity contribution < 1.29 is 14.3 Å². The first-order valence-corrected chi connectivity index (χ1v) is 9.45. The van der Waals surface area contributed by atoms with Gasteiger partial charge in [0.15, 0.2) is 0 Å². The first-order chi connectivity index (χ1) is 12.2. The van der Waals surface area contributed by atoms with E-state index in [0.29, 0.717) is 17.8 Å². The largest absolute Gasteiger partial charge is 0.376 e. The molecule has 1 fully saturated rings. The van der Waals surface area contributed by atoms with Gasteiger partial charge in [-0.15, -0.1) is 0 Å². The average molecular weight is 346 g/mol. The number of amides is 2. The van der Waals surface area contributed by atoms with Crippen LogP contribution in [-0.4, -0.2) is 31.1 Å². The van der Waals surface area contributed by atoms with Crippen molar-refractivity contribution in [2.75, 3.05) is 18.5 Å². The zero-order valence-electron chi connectivity index (χ0n) is 15.3. The summed E-state index contributed by atoms with van der Waals surface area (Å²) in [6.07, 6.45) is 5.81. The molecule has 1 aliphatic heterocycles. The Hall–Kier alpha value is -1.88. The number of benzene rings is 1. The van der Waals surface area contributed by atoms with Gasteiger partial charge in [0.25, 0.3) is 5.91 Å². The molecule has 2 amide bonds. The van der Waals surface area contributed by atoms with Gasteiger partial charge in [-0.3, -0.25) is 9.59 Å². The van der Waals surface area contributed by atoms with Gasteiger partial charge in [0, 0.05) is 19.1 Å². The summed E-state index contributed by atoms with van der Waals surface area (Å²) < 4.78 is 5.53. The van der Waals surface area contributed by atoms with Gasteiger partial charge in [0.05, 0.1) is 17.4 Å². The lowest BCUT2D eigenvalue weighted by Gasteiger charge is -2.17. The highest BCUT2D eigenvalue weighted by Gasteiger charge is 2.21. The molecule has 1 aliphatic rings. The topological polar surface area (TPSA) is 67.4 Å². The number of para-hydroxylation sites is 1. The summed E-state index contributed by atoms with van der Waals surface area (Å²) in [7, 11) is 0. The van der Waals surface area contributed by atoms with Crippen LogP contribution in [0.3, 0.4) is 0 Å². The molecule has 0 spiro atoms. The summed E-state index contributed by atoms with van der Waals surface area (Å²) in [5, 5.41) is 5.88. The monoisotopic (exact) mass is 346 g/mol. The van der Waals surface area contributed by atoms with Gasteiger partial charge < -0.3 is 15.4 Å². The maximum Gasteiger partial charge on any atom is 0.253 e. The molecule has 0 bridgehead atoms. The van der Waals surface area contributed by atoms with E-state index in [1.807, 2.05) is 12.1 Å². The fourth-order valence-corrected chi connectivity index (χ4v) is 3.24. The van der Waals surface area contributed by atoms with Crippen molar-refractivity contribution in [1.29, 1.82) is 0 Å². The van der Waals surface area contributed by atoms with Gasteiger partial charge in [-0.05, 0) is 37.8 Å². The van der Waals surface area contributed by atoms with E-state index < -0.39 is 0 Å². The van der Waals surface area contributed by atoms with Gasteiger partial charge in [0.2, 0.25) is 5.91 Å². The number of nitrogens with one attached hydrogen (secondary N) is 2. The van der Waals surface area contributed by atoms with Gasteiger partial charge >= 0.3 is 0 Å². The second-order valence-electron chi connectivity index (χ2n) is 6.65. The standard InChI is InChI=1S/C20H30N2O3/c1-3-8-15(9-4-2)19(23)22-18-12-6-5-11-17(18)20(24)21-14-16-10-7-13-25-16/h5-6,11-12,15-16H,3-4,7-10,13-14H2,1-2H3,(H,21,24)(H,22,23). The minimum absolute atomic E-state index is 0.00185. The molecule has 5 nitrogen and oxygen atoms in total. The van der Waals surface area contributed by atoms with Crippen LogP contribution in [0.1, 0.15) is 62.7 Å². The number of anilines is 1. The fraction of sp³-hybridized carbons (Fsp3) is 0.600. The Morgan fingerprint density at radius 1 is 1.20 bits per heavy atom. The van der Waals surface area contributed by atoms with Gasteiger partial charge in [-0.2, -0.15) is 0 Å². The molecule has 1 aromatic carbocycles. The average Bonchev–Trinajstić information content (AvgIpc) is 3.13. The lowest BCUT2D eigenvalue weighted by atomic mass is 9.97. The second kappa shape index (κ2) is 10.2. The lowest BCUT2D eigenvalue weighted by Crippen LogP contribution is -2.32. The van der Waals surface area contributed by atoms with E-state index in [1.165, 1.54) is 0 Å². The molecule has 0 aliphatic carbocycles. The predicted molar refractivity (Wildman–Crippen MR) is 99.7 cm³/mol. The summed E-state index contributed by atoms with van der Waals surface area (Å²) in [6, 6.07) is 7.18. The van der Waals surface area contributed by atoms with Gasteiger partial charge in [-0.25, -0.2) is 0 Å². The second-order valence-corrected chi connectivity index (χ2v) is 6.65. The van der Waals surface area contributed by atoms with Crippen molar-refractivity contribution in [3.63, 3.8) is 0 Å². The van der Waals surface area contributed by atoms with Crippen molar-refractivity contribution in [3.05, 3.63) is 29.8 Å². The highest BCUT2D eigenvalue weighted by molar-refractivity contribution is 6.04. The molecule has 0 aromatic heterocycles. The smallest absolute Gasteiger partial charge is 0.253 e. The van der Waals surface area contributed by atoms with Crippen molar-refractivity contribution in [2.45, 2.75) is 58.5 Å². The maximum absolute atomic E-state index is 12.6. The molecule has 1 aromatic rings. The van der Waals surface area contributed by atoms with Crippen LogP contribution in [0, 0.1) is 5.92 Å². The van der Waals surface area contributed by atoms with Crippen LogP contribution in [0.25, 0.3) is 0 Å². The molecule has 25 heavy (non-hydrogen) atoms. The van der Waals surface area contributed by atoms with Crippen molar-refractivity contribution in [1.82, 2.24) is 5.32 Å². The highest BCUT2D eigenvalue weighted by atomic mass is 16.5. The van der Waals surface area contributed by atoms with E-state index in [0.717, 1.165) is 45.1 Å². The number of rotatable bonds is 9. The molecule has 2 rings (SSSR count). The third kappa shape index (κ3) is 5.85. The predicted octanol–water partition coefficient (Wildman–Crippen LogP) is 3.75. The Morgan fingerprint density at radius 2 is 1.92 bits per heavy atom. The molecule has 1 atom stereocenters. The third-order valence-corrected chi connectivity index (χ3v) is 4.59. The van der Waals surface area contributed by atoms with Crippen LogP contribution in [-0.2, 0) is 9.53 Å². The summed E-state index contributed by atoms with van der Waals surface area (Å²) in [6.45, 7) is 5.45. The summed E-state index contributed by atoms with van der Waals surface area (Å²) >= 11 is 0. The first kappa shape index (κ1) is 19.4. The normalized spacial score (nSPS) is 16.8. The molecule has 0 saturated carbocycles.